The van der Waals surface area contributed by atoms with E-state index in [1.165, 1.54) is 12.1 Å². The molecule has 0 aliphatic heterocycles. The first-order valence-corrected chi connectivity index (χ1v) is 7.04. The topological polar surface area (TPSA) is 34.2 Å². The molecule has 0 saturated heterocycles. The lowest BCUT2D eigenvalue weighted by Crippen LogP contribution is -2.20. The highest BCUT2D eigenvalue weighted by atomic mass is 79.9. The van der Waals surface area contributed by atoms with Gasteiger partial charge in [-0.05, 0) is 43.3 Å². The van der Waals surface area contributed by atoms with Gasteiger partial charge in [-0.2, -0.15) is 0 Å². The number of halogens is 2. The number of pyridine rings is 1. The van der Waals surface area contributed by atoms with Gasteiger partial charge < -0.3 is 10.1 Å². The van der Waals surface area contributed by atoms with Crippen LogP contribution in [0.5, 0.6) is 5.88 Å². The van der Waals surface area contributed by atoms with Crippen molar-refractivity contribution in [2.45, 2.75) is 12.5 Å². The van der Waals surface area contributed by atoms with Crippen LogP contribution in [0.2, 0.25) is 0 Å². The molecule has 0 amide bonds. The molecule has 0 bridgehead atoms. The van der Waals surface area contributed by atoms with Crippen molar-refractivity contribution in [2.24, 2.45) is 0 Å². The van der Waals surface area contributed by atoms with Crippen molar-refractivity contribution >= 4 is 15.9 Å². The second-order valence-corrected chi connectivity index (χ2v) is 5.34. The van der Waals surface area contributed by atoms with Crippen LogP contribution < -0.4 is 10.1 Å². The van der Waals surface area contributed by atoms with Gasteiger partial charge in [0, 0.05) is 22.3 Å². The van der Waals surface area contributed by atoms with E-state index in [0.29, 0.717) is 12.3 Å². The van der Waals surface area contributed by atoms with Crippen LogP contribution in [-0.2, 0) is 6.42 Å². The number of nitrogens with zero attached hydrogens (tertiary/aromatic N) is 1. The molecular weight excluding hydrogens is 323 g/mol. The van der Waals surface area contributed by atoms with Crippen molar-refractivity contribution in [2.75, 3.05) is 14.2 Å². The number of likely N-dealkylation sites (N-methyl/N-ethyl adjacent to an activating group) is 1. The molecular formula is C15H16BrFN2O. The van der Waals surface area contributed by atoms with Gasteiger partial charge in [0.25, 0.3) is 0 Å². The van der Waals surface area contributed by atoms with Gasteiger partial charge in [0.2, 0.25) is 5.88 Å². The number of ether oxygens (including phenoxy) is 1. The lowest BCUT2D eigenvalue weighted by Gasteiger charge is -2.18. The summed E-state index contributed by atoms with van der Waals surface area (Å²) in [4.78, 5) is 4.20. The minimum atomic E-state index is -0.248. The van der Waals surface area contributed by atoms with Crippen LogP contribution in [0.3, 0.4) is 0 Å². The Balaban J connectivity index is 2.28. The molecule has 0 radical (unpaired) electrons. The fourth-order valence-electron chi connectivity index (χ4n) is 2.17. The summed E-state index contributed by atoms with van der Waals surface area (Å²) in [6.07, 6.45) is 2.34. The number of hydrogen-bond donors (Lipinski definition) is 1. The minimum absolute atomic E-state index is 0.00681. The molecule has 2 aromatic rings. The Morgan fingerprint density at radius 3 is 2.85 bits per heavy atom. The first-order valence-electron chi connectivity index (χ1n) is 6.25. The lowest BCUT2D eigenvalue weighted by molar-refractivity contribution is 0.384. The van der Waals surface area contributed by atoms with Crippen molar-refractivity contribution in [3.8, 4) is 5.88 Å². The third-order valence-corrected chi connectivity index (χ3v) is 3.54. The average molecular weight is 339 g/mol. The fraction of sp³-hybridized carbons (Fsp3) is 0.267. The number of rotatable bonds is 5. The van der Waals surface area contributed by atoms with Gasteiger partial charge in [-0.15, -0.1) is 0 Å². The SMILES string of the molecule is CNC(Cc1cc(F)cc(Br)c1)c1cccnc1OC. The van der Waals surface area contributed by atoms with E-state index in [4.69, 9.17) is 4.74 Å². The van der Waals surface area contributed by atoms with Crippen LogP contribution in [-0.4, -0.2) is 19.1 Å². The van der Waals surface area contributed by atoms with Crippen molar-refractivity contribution in [1.82, 2.24) is 10.3 Å². The summed E-state index contributed by atoms with van der Waals surface area (Å²) in [7, 11) is 3.46. The summed E-state index contributed by atoms with van der Waals surface area (Å²) in [6.45, 7) is 0. The quantitative estimate of drug-likeness (QED) is 0.905. The van der Waals surface area contributed by atoms with E-state index in [1.807, 2.05) is 25.2 Å². The van der Waals surface area contributed by atoms with Crippen LogP contribution in [0.25, 0.3) is 0 Å². The van der Waals surface area contributed by atoms with Gasteiger partial charge in [0.05, 0.1) is 7.11 Å². The Hall–Kier alpha value is -1.46. The predicted molar refractivity (Wildman–Crippen MR) is 80.4 cm³/mol. The van der Waals surface area contributed by atoms with Crippen molar-refractivity contribution in [1.29, 1.82) is 0 Å². The first-order chi connectivity index (χ1) is 9.63. The van der Waals surface area contributed by atoms with Crippen LogP contribution in [0.4, 0.5) is 4.39 Å². The zero-order valence-electron chi connectivity index (χ0n) is 11.4. The molecule has 20 heavy (non-hydrogen) atoms. The smallest absolute Gasteiger partial charge is 0.217 e. The lowest BCUT2D eigenvalue weighted by atomic mass is 10.00. The number of nitrogens with one attached hydrogen (secondary N) is 1. The molecule has 106 valence electrons. The Labute approximate surface area is 126 Å². The highest BCUT2D eigenvalue weighted by Crippen LogP contribution is 2.26. The molecule has 5 heteroatoms. The van der Waals surface area contributed by atoms with Gasteiger partial charge in [-0.1, -0.05) is 22.0 Å². The molecule has 0 spiro atoms. The minimum Gasteiger partial charge on any atom is -0.481 e. The van der Waals surface area contributed by atoms with E-state index < -0.39 is 0 Å². The highest BCUT2D eigenvalue weighted by Gasteiger charge is 2.16. The van der Waals surface area contributed by atoms with Crippen molar-refractivity contribution < 1.29 is 9.13 Å². The summed E-state index contributed by atoms with van der Waals surface area (Å²) >= 11 is 3.31. The maximum atomic E-state index is 13.4. The normalized spacial score (nSPS) is 12.2. The molecule has 1 heterocycles. The average Bonchev–Trinajstić information content (AvgIpc) is 2.43. The highest BCUT2D eigenvalue weighted by molar-refractivity contribution is 9.10. The molecule has 2 rings (SSSR count). The van der Waals surface area contributed by atoms with Gasteiger partial charge >= 0.3 is 0 Å². The van der Waals surface area contributed by atoms with E-state index in [0.717, 1.165) is 15.6 Å². The van der Waals surface area contributed by atoms with E-state index in [1.54, 1.807) is 13.3 Å². The maximum Gasteiger partial charge on any atom is 0.217 e. The Kier molecular flexibility index (Phi) is 5.09. The first kappa shape index (κ1) is 14.9. The zero-order chi connectivity index (χ0) is 14.5. The summed E-state index contributed by atoms with van der Waals surface area (Å²) in [5, 5.41) is 3.22. The molecule has 0 aliphatic rings. The van der Waals surface area contributed by atoms with Gasteiger partial charge in [-0.3, -0.25) is 0 Å². The number of methoxy groups -OCH3 is 1. The number of hydrogen-bond acceptors (Lipinski definition) is 3. The third kappa shape index (κ3) is 3.55. The maximum absolute atomic E-state index is 13.4. The monoisotopic (exact) mass is 338 g/mol. The zero-order valence-corrected chi connectivity index (χ0v) is 12.9. The Morgan fingerprint density at radius 1 is 1.40 bits per heavy atom. The Morgan fingerprint density at radius 2 is 2.20 bits per heavy atom. The predicted octanol–water partition coefficient (Wildman–Crippen LogP) is 3.50. The summed E-state index contributed by atoms with van der Waals surface area (Å²) in [5.74, 6) is 0.338. The Bertz CT molecular complexity index is 572. The third-order valence-electron chi connectivity index (χ3n) is 3.08. The molecule has 3 nitrogen and oxygen atoms in total. The molecule has 1 aromatic carbocycles. The van der Waals surface area contributed by atoms with Crippen molar-refractivity contribution in [3.05, 3.63) is 57.9 Å². The second kappa shape index (κ2) is 6.81. The molecule has 1 aromatic heterocycles. The molecule has 0 aliphatic carbocycles. The molecule has 1 N–H and O–H groups in total. The van der Waals surface area contributed by atoms with Crippen LogP contribution in [0.1, 0.15) is 17.2 Å². The standard InChI is InChI=1S/C15H16BrFN2O/c1-18-14(13-4-3-5-19-15(13)20-2)8-10-6-11(16)9-12(17)7-10/h3-7,9,14,18H,8H2,1-2H3. The van der Waals surface area contributed by atoms with Gasteiger partial charge in [-0.25, -0.2) is 9.37 Å². The number of aromatic nitrogens is 1. The van der Waals surface area contributed by atoms with E-state index in [9.17, 15) is 4.39 Å². The molecule has 0 saturated carbocycles. The van der Waals surface area contributed by atoms with Crippen LogP contribution >= 0.6 is 15.9 Å². The molecule has 0 fully saturated rings. The van der Waals surface area contributed by atoms with E-state index in [2.05, 4.69) is 26.2 Å². The van der Waals surface area contributed by atoms with Crippen LogP contribution in [0.15, 0.2) is 41.0 Å². The van der Waals surface area contributed by atoms with Crippen LogP contribution in [0, 0.1) is 5.82 Å². The second-order valence-electron chi connectivity index (χ2n) is 4.42. The van der Waals surface area contributed by atoms with Gasteiger partial charge in [0.1, 0.15) is 5.82 Å². The summed E-state index contributed by atoms with van der Waals surface area (Å²) in [6, 6.07) is 8.73. The van der Waals surface area contributed by atoms with E-state index in [-0.39, 0.29) is 11.9 Å². The largest absolute Gasteiger partial charge is 0.481 e. The van der Waals surface area contributed by atoms with Gasteiger partial charge in [0.15, 0.2) is 0 Å². The summed E-state index contributed by atoms with van der Waals surface area (Å²) < 4.78 is 19.5. The van der Waals surface area contributed by atoms with Crippen molar-refractivity contribution in [3.63, 3.8) is 0 Å². The fourth-order valence-corrected chi connectivity index (χ4v) is 2.68. The molecule has 1 atom stereocenters. The van der Waals surface area contributed by atoms with E-state index >= 15 is 0 Å². The number of benzene rings is 1. The summed E-state index contributed by atoms with van der Waals surface area (Å²) in [5.41, 5.74) is 1.86. The molecule has 1 unspecified atom stereocenters.